The van der Waals surface area contributed by atoms with Crippen molar-refractivity contribution in [3.05, 3.63) is 46.6 Å². The molecule has 3 aliphatic rings. The van der Waals surface area contributed by atoms with E-state index < -0.39 is 58.2 Å². The molecular weight excluding hydrogens is 542 g/mol. The number of carbonyl (C=O) groups is 2. The molecule has 1 aliphatic heterocycles. The van der Waals surface area contributed by atoms with Crippen LogP contribution in [0, 0.1) is 22.7 Å². The molecule has 0 spiro atoms. The van der Waals surface area contributed by atoms with Crippen molar-refractivity contribution in [2.45, 2.75) is 91.1 Å². The third-order valence-corrected chi connectivity index (χ3v) is 9.95. The number of nitrogens with zero attached hydrogens (tertiary/aromatic N) is 1. The van der Waals surface area contributed by atoms with Gasteiger partial charge in [-0.3, -0.25) is 14.6 Å². The van der Waals surface area contributed by atoms with Crippen molar-refractivity contribution in [2.24, 2.45) is 22.7 Å². The van der Waals surface area contributed by atoms with Crippen LogP contribution in [0.5, 0.6) is 5.75 Å². The third kappa shape index (κ3) is 4.92. The minimum absolute atomic E-state index is 0.0363. The van der Waals surface area contributed by atoms with Gasteiger partial charge in [0.2, 0.25) is 0 Å². The zero-order valence-electron chi connectivity index (χ0n) is 25.2. The summed E-state index contributed by atoms with van der Waals surface area (Å²) in [5.74, 6) is -1.08. The maximum atomic E-state index is 13.5. The van der Waals surface area contributed by atoms with E-state index in [9.17, 15) is 19.5 Å². The zero-order valence-corrected chi connectivity index (χ0v) is 25.2. The molecule has 2 aromatic heterocycles. The lowest BCUT2D eigenvalue weighted by Crippen LogP contribution is -2.71. The highest BCUT2D eigenvalue weighted by molar-refractivity contribution is 5.67. The highest BCUT2D eigenvalue weighted by Crippen LogP contribution is 2.67. The average molecular weight is 584 g/mol. The Morgan fingerprint density at radius 2 is 1.93 bits per heavy atom. The monoisotopic (exact) mass is 583 g/mol. The molecule has 3 heterocycles. The van der Waals surface area contributed by atoms with E-state index in [-0.39, 0.29) is 23.8 Å². The van der Waals surface area contributed by atoms with Crippen LogP contribution in [0.2, 0.25) is 0 Å². The van der Waals surface area contributed by atoms with E-state index in [1.54, 1.807) is 30.6 Å². The van der Waals surface area contributed by atoms with E-state index in [1.807, 2.05) is 20.8 Å². The first-order chi connectivity index (χ1) is 19.8. The van der Waals surface area contributed by atoms with Crippen LogP contribution < -0.4 is 10.4 Å². The minimum Gasteiger partial charge on any atom is -0.484 e. The lowest BCUT2D eigenvalue weighted by atomic mass is 9.42. The standard InChI is InChI=1S/C32H41NO9/c1-7-13-38-25-15-23-30(4,11-10-24(40-19(3)35)31(23,5)17-39-18(2)34)28-27(36)26-22(42-32(25,28)6)14-21(41-29(26)37)20-9-8-12-33-16-20/h8-9,12,14,16,23-25,27-28,36H,7,10-11,13,15,17H2,1-6H3/t23-,24+,25+,27+,28-,30+,31+,32-/m1/s1. The summed E-state index contributed by atoms with van der Waals surface area (Å²) in [5.41, 5.74) is -2.39. The molecule has 2 fully saturated rings. The smallest absolute Gasteiger partial charge is 0.345 e. The number of esters is 2. The van der Waals surface area contributed by atoms with Gasteiger partial charge >= 0.3 is 17.6 Å². The summed E-state index contributed by atoms with van der Waals surface area (Å²) >= 11 is 0. The number of hydrogen-bond acceptors (Lipinski definition) is 10. The molecule has 10 heteroatoms. The molecule has 0 unspecified atom stereocenters. The van der Waals surface area contributed by atoms with E-state index >= 15 is 0 Å². The molecule has 0 bridgehead atoms. The normalized spacial score (nSPS) is 35.2. The number of fused-ring (bicyclic) bond motifs is 4. The average Bonchev–Trinajstić information content (AvgIpc) is 2.92. The van der Waals surface area contributed by atoms with Gasteiger partial charge in [-0.1, -0.05) is 20.8 Å². The van der Waals surface area contributed by atoms with Gasteiger partial charge in [-0.15, -0.1) is 0 Å². The molecule has 8 atom stereocenters. The number of pyridine rings is 1. The second-order valence-corrected chi connectivity index (χ2v) is 12.7. The highest BCUT2D eigenvalue weighted by Gasteiger charge is 2.70. The molecule has 0 aromatic carbocycles. The van der Waals surface area contributed by atoms with Crippen molar-refractivity contribution < 1.29 is 38.1 Å². The number of carbonyl (C=O) groups excluding carboxylic acids is 2. The number of aromatic nitrogens is 1. The maximum Gasteiger partial charge on any atom is 0.345 e. The molecule has 42 heavy (non-hydrogen) atoms. The predicted molar refractivity (Wildman–Crippen MR) is 151 cm³/mol. The Bertz CT molecular complexity index is 1390. The third-order valence-electron chi connectivity index (χ3n) is 9.95. The molecule has 2 saturated carbocycles. The number of rotatable bonds is 7. The Morgan fingerprint density at radius 3 is 2.57 bits per heavy atom. The number of aliphatic hydroxyl groups is 1. The summed E-state index contributed by atoms with van der Waals surface area (Å²) in [6, 6.07) is 5.18. The molecule has 0 saturated heterocycles. The summed E-state index contributed by atoms with van der Waals surface area (Å²) in [7, 11) is 0. The van der Waals surface area contributed by atoms with Crippen molar-refractivity contribution in [3.8, 4) is 17.1 Å². The molecule has 0 amide bonds. The van der Waals surface area contributed by atoms with Gasteiger partial charge in [0.1, 0.15) is 35.4 Å². The van der Waals surface area contributed by atoms with Crippen LogP contribution >= 0.6 is 0 Å². The van der Waals surface area contributed by atoms with Gasteiger partial charge in [-0.25, -0.2) is 4.79 Å². The summed E-state index contributed by atoms with van der Waals surface area (Å²) in [5, 5.41) is 12.1. The fraction of sp³-hybridized carbons (Fsp3) is 0.625. The first-order valence-corrected chi connectivity index (χ1v) is 14.7. The number of ether oxygens (including phenoxy) is 4. The van der Waals surface area contributed by atoms with E-state index in [0.29, 0.717) is 37.2 Å². The minimum atomic E-state index is -1.22. The quantitative estimate of drug-likeness (QED) is 0.460. The molecular formula is C32H41NO9. The predicted octanol–water partition coefficient (Wildman–Crippen LogP) is 4.62. The van der Waals surface area contributed by atoms with Crippen LogP contribution in [-0.2, 0) is 23.8 Å². The van der Waals surface area contributed by atoms with Crippen LogP contribution in [0.3, 0.4) is 0 Å². The van der Waals surface area contributed by atoms with E-state index in [2.05, 4.69) is 11.9 Å². The highest BCUT2D eigenvalue weighted by atomic mass is 16.6. The van der Waals surface area contributed by atoms with E-state index in [4.69, 9.17) is 23.4 Å². The largest absolute Gasteiger partial charge is 0.484 e. The summed E-state index contributed by atoms with van der Waals surface area (Å²) in [4.78, 5) is 41.7. The zero-order chi connectivity index (χ0) is 30.4. The Labute approximate surface area is 245 Å². The van der Waals surface area contributed by atoms with Crippen LogP contribution in [0.15, 0.2) is 39.8 Å². The SMILES string of the molecule is CCCO[C@H]1C[C@H]2[C@](C)(COC(C)=O)[C@@H](OC(C)=O)CC[C@]2(C)[C@H]2[C@@H](O)c3c(cc(-c4cccnc4)oc3=O)O[C@]12C. The molecule has 2 aromatic rings. The first-order valence-electron chi connectivity index (χ1n) is 14.7. The second-order valence-electron chi connectivity index (χ2n) is 12.7. The topological polar surface area (TPSA) is 134 Å². The van der Waals surface area contributed by atoms with Crippen molar-refractivity contribution >= 4 is 11.9 Å². The summed E-state index contributed by atoms with van der Waals surface area (Å²) < 4.78 is 30.4. The lowest BCUT2D eigenvalue weighted by molar-refractivity contribution is -0.274. The Morgan fingerprint density at radius 1 is 1.17 bits per heavy atom. The van der Waals surface area contributed by atoms with Gasteiger partial charge in [-0.05, 0) is 56.1 Å². The van der Waals surface area contributed by atoms with Crippen LogP contribution in [0.1, 0.15) is 78.9 Å². The first kappa shape index (κ1) is 30.2. The number of aliphatic hydroxyl groups excluding tert-OH is 1. The molecule has 0 radical (unpaired) electrons. The Kier molecular flexibility index (Phi) is 8.00. The van der Waals surface area contributed by atoms with Gasteiger partial charge in [0, 0.05) is 55.8 Å². The van der Waals surface area contributed by atoms with Crippen LogP contribution in [-0.4, -0.2) is 53.1 Å². The Hall–Kier alpha value is -3.24. The lowest BCUT2D eigenvalue weighted by Gasteiger charge is -2.66. The molecule has 10 nitrogen and oxygen atoms in total. The van der Waals surface area contributed by atoms with Gasteiger partial charge in [0.25, 0.3) is 0 Å². The molecule has 1 N–H and O–H groups in total. The summed E-state index contributed by atoms with van der Waals surface area (Å²) in [6.07, 6.45) is 3.38. The summed E-state index contributed by atoms with van der Waals surface area (Å²) in [6.45, 7) is 11.3. The van der Waals surface area contributed by atoms with E-state index in [1.165, 1.54) is 13.8 Å². The van der Waals surface area contributed by atoms with Crippen molar-refractivity contribution in [1.29, 1.82) is 0 Å². The maximum absolute atomic E-state index is 13.5. The van der Waals surface area contributed by atoms with Crippen LogP contribution in [0.4, 0.5) is 0 Å². The molecule has 2 aliphatic carbocycles. The fourth-order valence-corrected chi connectivity index (χ4v) is 8.17. The molecule has 228 valence electrons. The van der Waals surface area contributed by atoms with Gasteiger partial charge in [0.15, 0.2) is 0 Å². The molecule has 5 rings (SSSR count). The van der Waals surface area contributed by atoms with E-state index in [0.717, 1.165) is 6.42 Å². The van der Waals surface area contributed by atoms with Crippen LogP contribution in [0.25, 0.3) is 11.3 Å². The Balaban J connectivity index is 1.65. The second kappa shape index (κ2) is 11.1. The van der Waals surface area contributed by atoms with Crippen molar-refractivity contribution in [3.63, 3.8) is 0 Å². The van der Waals surface area contributed by atoms with Gasteiger partial charge in [0.05, 0.1) is 12.2 Å². The van der Waals surface area contributed by atoms with Crippen molar-refractivity contribution in [2.75, 3.05) is 13.2 Å². The number of hydrogen-bond donors (Lipinski definition) is 1. The van der Waals surface area contributed by atoms with Crippen molar-refractivity contribution in [1.82, 2.24) is 4.98 Å². The van der Waals surface area contributed by atoms with Gasteiger partial charge in [-0.2, -0.15) is 0 Å². The van der Waals surface area contributed by atoms with Gasteiger partial charge < -0.3 is 28.5 Å². The fourth-order valence-electron chi connectivity index (χ4n) is 8.17.